The number of carbonyl (C=O) groups excluding carboxylic acids is 1. The molecule has 3 unspecified atom stereocenters. The van der Waals surface area contributed by atoms with Gasteiger partial charge in [-0.25, -0.2) is 0 Å². The highest BCUT2D eigenvalue weighted by Crippen LogP contribution is 2.28. The molecule has 116 valence electrons. The van der Waals surface area contributed by atoms with Gasteiger partial charge in [0.15, 0.2) is 0 Å². The van der Waals surface area contributed by atoms with Crippen molar-refractivity contribution in [3.8, 4) is 0 Å². The summed E-state index contributed by atoms with van der Waals surface area (Å²) in [5.74, 6) is 0.640. The van der Waals surface area contributed by atoms with Crippen molar-refractivity contribution in [2.75, 3.05) is 19.6 Å². The van der Waals surface area contributed by atoms with Crippen molar-refractivity contribution in [3.05, 3.63) is 0 Å². The average molecular weight is 282 g/mol. The van der Waals surface area contributed by atoms with Crippen LogP contribution >= 0.6 is 0 Å². The Bertz CT molecular complexity index is 314. The first-order chi connectivity index (χ1) is 9.62. The molecule has 3 atom stereocenters. The van der Waals surface area contributed by atoms with Crippen LogP contribution in [-0.4, -0.2) is 36.8 Å². The number of rotatable bonds is 5. The molecule has 0 radical (unpaired) electrons. The maximum Gasteiger partial charge on any atom is 0.227 e. The van der Waals surface area contributed by atoms with Crippen LogP contribution in [-0.2, 0) is 4.79 Å². The highest BCUT2D eigenvalue weighted by molar-refractivity contribution is 5.82. The topological polar surface area (TPSA) is 61.4 Å². The zero-order valence-electron chi connectivity index (χ0n) is 12.8. The fourth-order valence-electron chi connectivity index (χ4n) is 3.55. The monoisotopic (exact) mass is 282 g/mol. The second-order valence-electron chi connectivity index (χ2n) is 6.85. The first-order valence-corrected chi connectivity index (χ1v) is 8.29. The van der Waals surface area contributed by atoms with Crippen molar-refractivity contribution in [2.45, 2.75) is 64.4 Å². The number of aliphatic hydroxyl groups is 1. The number of hydrogen-bond acceptors (Lipinski definition) is 3. The van der Waals surface area contributed by atoms with Crippen LogP contribution in [0, 0.1) is 11.3 Å². The summed E-state index contributed by atoms with van der Waals surface area (Å²) >= 11 is 0. The number of amides is 1. The number of hydrogen-bond donors (Lipinski definition) is 3. The van der Waals surface area contributed by atoms with Crippen LogP contribution in [0.3, 0.4) is 0 Å². The summed E-state index contributed by atoms with van der Waals surface area (Å²) in [4.78, 5) is 12.2. The minimum absolute atomic E-state index is 0.112. The fourth-order valence-corrected chi connectivity index (χ4v) is 3.55. The molecule has 0 aromatic heterocycles. The molecule has 20 heavy (non-hydrogen) atoms. The Morgan fingerprint density at radius 3 is 2.85 bits per heavy atom. The minimum Gasteiger partial charge on any atom is -0.393 e. The SMILES string of the molecule is CC1(C(=O)NCCCC2CCCCC2O)CCCNC1. The molecular formula is C16H30N2O2. The van der Waals surface area contributed by atoms with Gasteiger partial charge >= 0.3 is 0 Å². The lowest BCUT2D eigenvalue weighted by Crippen LogP contribution is -2.48. The van der Waals surface area contributed by atoms with E-state index in [1.807, 2.05) is 0 Å². The van der Waals surface area contributed by atoms with Crippen molar-refractivity contribution in [1.82, 2.24) is 10.6 Å². The van der Waals surface area contributed by atoms with Gasteiger partial charge in [0.05, 0.1) is 11.5 Å². The molecule has 0 aromatic rings. The van der Waals surface area contributed by atoms with Crippen molar-refractivity contribution < 1.29 is 9.90 Å². The second-order valence-corrected chi connectivity index (χ2v) is 6.85. The van der Waals surface area contributed by atoms with E-state index in [2.05, 4.69) is 17.6 Å². The lowest BCUT2D eigenvalue weighted by molar-refractivity contribution is -0.131. The van der Waals surface area contributed by atoms with Crippen LogP contribution in [0.1, 0.15) is 58.3 Å². The van der Waals surface area contributed by atoms with Crippen molar-refractivity contribution in [1.29, 1.82) is 0 Å². The molecule has 2 rings (SSSR count). The molecule has 3 N–H and O–H groups in total. The number of aliphatic hydroxyl groups excluding tert-OH is 1. The maximum atomic E-state index is 12.2. The van der Waals surface area contributed by atoms with Crippen molar-refractivity contribution >= 4 is 5.91 Å². The van der Waals surface area contributed by atoms with E-state index in [1.165, 1.54) is 12.8 Å². The minimum atomic E-state index is -0.234. The standard InChI is InChI=1S/C16H30N2O2/c1-16(9-5-10-17-12-16)15(20)18-11-4-7-13-6-2-3-8-14(13)19/h13-14,17,19H,2-12H2,1H3,(H,18,20). The highest BCUT2D eigenvalue weighted by Gasteiger charge is 2.34. The third-order valence-electron chi connectivity index (χ3n) is 5.05. The summed E-state index contributed by atoms with van der Waals surface area (Å²) < 4.78 is 0. The molecule has 4 nitrogen and oxygen atoms in total. The molecule has 2 aliphatic rings. The predicted molar refractivity (Wildman–Crippen MR) is 80.4 cm³/mol. The van der Waals surface area contributed by atoms with Crippen LogP contribution < -0.4 is 10.6 Å². The average Bonchev–Trinajstić information content (AvgIpc) is 2.46. The van der Waals surface area contributed by atoms with Crippen LogP contribution in [0.25, 0.3) is 0 Å². The van der Waals surface area contributed by atoms with E-state index in [-0.39, 0.29) is 17.4 Å². The summed E-state index contributed by atoms with van der Waals surface area (Å²) in [6.45, 7) is 4.62. The number of piperidine rings is 1. The molecular weight excluding hydrogens is 252 g/mol. The van der Waals surface area contributed by atoms with Crippen LogP contribution in [0.5, 0.6) is 0 Å². The summed E-state index contributed by atoms with van der Waals surface area (Å²) in [6.07, 6.45) is 8.49. The number of nitrogens with one attached hydrogen (secondary N) is 2. The van der Waals surface area contributed by atoms with Gasteiger partial charge in [0.25, 0.3) is 0 Å². The van der Waals surface area contributed by atoms with Crippen LogP contribution in [0.15, 0.2) is 0 Å². The zero-order chi connectivity index (χ0) is 14.4. The molecule has 2 fully saturated rings. The van der Waals surface area contributed by atoms with Gasteiger partial charge in [-0.1, -0.05) is 12.8 Å². The second kappa shape index (κ2) is 7.41. The number of carbonyl (C=O) groups is 1. The molecule has 1 aliphatic carbocycles. The summed E-state index contributed by atoms with van der Waals surface area (Å²) in [5, 5.41) is 16.3. The molecule has 1 aliphatic heterocycles. The van der Waals surface area contributed by atoms with Gasteiger partial charge in [0, 0.05) is 13.1 Å². The van der Waals surface area contributed by atoms with Gasteiger partial charge in [-0.05, 0) is 57.9 Å². The molecule has 1 saturated carbocycles. The highest BCUT2D eigenvalue weighted by atomic mass is 16.3. The van der Waals surface area contributed by atoms with E-state index < -0.39 is 0 Å². The van der Waals surface area contributed by atoms with E-state index in [9.17, 15) is 9.90 Å². The molecule has 1 amide bonds. The van der Waals surface area contributed by atoms with Crippen LogP contribution in [0.4, 0.5) is 0 Å². The van der Waals surface area contributed by atoms with Gasteiger partial charge in [-0.2, -0.15) is 0 Å². The summed E-state index contributed by atoms with van der Waals surface area (Å²) in [7, 11) is 0. The molecule has 0 spiro atoms. The quantitative estimate of drug-likeness (QED) is 0.674. The van der Waals surface area contributed by atoms with E-state index in [0.717, 1.165) is 58.2 Å². The third kappa shape index (κ3) is 4.19. The zero-order valence-corrected chi connectivity index (χ0v) is 12.8. The molecule has 0 bridgehead atoms. The Hall–Kier alpha value is -0.610. The third-order valence-corrected chi connectivity index (χ3v) is 5.05. The van der Waals surface area contributed by atoms with Gasteiger partial charge in [0.2, 0.25) is 5.91 Å². The Labute approximate surface area is 122 Å². The molecule has 1 saturated heterocycles. The molecule has 1 heterocycles. The first-order valence-electron chi connectivity index (χ1n) is 8.29. The van der Waals surface area contributed by atoms with Gasteiger partial charge < -0.3 is 15.7 Å². The smallest absolute Gasteiger partial charge is 0.227 e. The Kier molecular flexibility index (Phi) is 5.85. The predicted octanol–water partition coefficient (Wildman–Crippen LogP) is 1.82. The normalized spacial score (nSPS) is 34.7. The Morgan fingerprint density at radius 2 is 2.15 bits per heavy atom. The molecule has 0 aromatic carbocycles. The summed E-state index contributed by atoms with van der Waals surface area (Å²) in [6, 6.07) is 0. The van der Waals surface area contributed by atoms with Gasteiger partial charge in [-0.15, -0.1) is 0 Å². The fraction of sp³-hybridized carbons (Fsp3) is 0.938. The van der Waals surface area contributed by atoms with Crippen LogP contribution in [0.2, 0.25) is 0 Å². The van der Waals surface area contributed by atoms with E-state index >= 15 is 0 Å². The Morgan fingerprint density at radius 1 is 1.35 bits per heavy atom. The summed E-state index contributed by atoms with van der Waals surface area (Å²) in [5.41, 5.74) is -0.234. The maximum absolute atomic E-state index is 12.2. The van der Waals surface area contributed by atoms with Gasteiger partial charge in [-0.3, -0.25) is 4.79 Å². The largest absolute Gasteiger partial charge is 0.393 e. The first kappa shape index (κ1) is 15.8. The lowest BCUT2D eigenvalue weighted by atomic mass is 9.81. The van der Waals surface area contributed by atoms with Crippen molar-refractivity contribution in [2.24, 2.45) is 11.3 Å². The molecule has 4 heteroatoms. The van der Waals surface area contributed by atoms with Crippen molar-refractivity contribution in [3.63, 3.8) is 0 Å². The lowest BCUT2D eigenvalue weighted by Gasteiger charge is -2.32. The van der Waals surface area contributed by atoms with E-state index in [0.29, 0.717) is 5.92 Å². The van der Waals surface area contributed by atoms with E-state index in [4.69, 9.17) is 0 Å². The van der Waals surface area contributed by atoms with Gasteiger partial charge in [0.1, 0.15) is 0 Å². The Balaban J connectivity index is 1.63. The van der Waals surface area contributed by atoms with E-state index in [1.54, 1.807) is 0 Å².